The van der Waals surface area contributed by atoms with Crippen LogP contribution in [0.2, 0.25) is 0 Å². The zero-order valence-electron chi connectivity index (χ0n) is 15.4. The minimum Gasteiger partial charge on any atom is -0.481 e. The van der Waals surface area contributed by atoms with E-state index in [4.69, 9.17) is 9.94 Å². The topological polar surface area (TPSA) is 62.1 Å². The standard InChI is InChI=1S/C22H26N2O3/c25-22(26)20-12-7-13-24(17-20)14-15-27-23-16-21(18-8-3-1-4-9-18)19-10-5-2-6-11-19/h1-6,8-11,16,20-21H,7,12-15,17H2,(H,25,26). The minimum atomic E-state index is -0.702. The number of hydrogen-bond acceptors (Lipinski definition) is 4. The van der Waals surface area contributed by atoms with Crippen LogP contribution in [0.1, 0.15) is 29.9 Å². The summed E-state index contributed by atoms with van der Waals surface area (Å²) in [6, 6.07) is 20.4. The van der Waals surface area contributed by atoms with Crippen molar-refractivity contribution in [3.63, 3.8) is 0 Å². The highest BCUT2D eigenvalue weighted by Crippen LogP contribution is 2.22. The fourth-order valence-corrected chi connectivity index (χ4v) is 3.47. The summed E-state index contributed by atoms with van der Waals surface area (Å²) in [7, 11) is 0. The molecule has 1 unspecified atom stereocenters. The largest absolute Gasteiger partial charge is 0.481 e. The second-order valence-electron chi connectivity index (χ2n) is 6.86. The first kappa shape index (κ1) is 19.1. The zero-order chi connectivity index (χ0) is 18.9. The highest BCUT2D eigenvalue weighted by molar-refractivity contribution is 5.72. The maximum atomic E-state index is 11.1. The molecule has 0 radical (unpaired) electrons. The number of oxime groups is 1. The molecule has 27 heavy (non-hydrogen) atoms. The van der Waals surface area contributed by atoms with E-state index in [9.17, 15) is 4.79 Å². The van der Waals surface area contributed by atoms with Gasteiger partial charge in [-0.3, -0.25) is 9.69 Å². The van der Waals surface area contributed by atoms with Crippen LogP contribution >= 0.6 is 0 Å². The first-order valence-electron chi connectivity index (χ1n) is 9.44. The molecule has 0 saturated carbocycles. The van der Waals surface area contributed by atoms with Crippen LogP contribution in [0.4, 0.5) is 0 Å². The Labute approximate surface area is 160 Å². The SMILES string of the molecule is O=C(O)C1CCCN(CCON=CC(c2ccccc2)c2ccccc2)C1. The minimum absolute atomic E-state index is 0.0405. The molecule has 1 atom stereocenters. The molecule has 0 spiro atoms. The molecule has 1 fully saturated rings. The third-order valence-corrected chi connectivity index (χ3v) is 4.96. The van der Waals surface area contributed by atoms with Gasteiger partial charge in [0.2, 0.25) is 0 Å². The van der Waals surface area contributed by atoms with E-state index in [2.05, 4.69) is 34.3 Å². The Bertz CT molecular complexity index is 694. The van der Waals surface area contributed by atoms with Crippen LogP contribution in [-0.2, 0) is 9.63 Å². The van der Waals surface area contributed by atoms with E-state index < -0.39 is 5.97 Å². The normalized spacial score (nSPS) is 18.0. The lowest BCUT2D eigenvalue weighted by atomic mass is 9.92. The molecule has 2 aromatic carbocycles. The Kier molecular flexibility index (Phi) is 6.99. The van der Waals surface area contributed by atoms with Gasteiger partial charge in [-0.1, -0.05) is 65.8 Å². The van der Waals surface area contributed by atoms with E-state index in [1.165, 1.54) is 0 Å². The number of likely N-dealkylation sites (tertiary alicyclic amines) is 1. The highest BCUT2D eigenvalue weighted by atomic mass is 16.6. The van der Waals surface area contributed by atoms with Gasteiger partial charge in [-0.15, -0.1) is 0 Å². The number of benzene rings is 2. The monoisotopic (exact) mass is 366 g/mol. The molecular weight excluding hydrogens is 340 g/mol. The molecule has 2 aromatic rings. The Morgan fingerprint density at radius 3 is 2.37 bits per heavy atom. The smallest absolute Gasteiger partial charge is 0.307 e. The van der Waals surface area contributed by atoms with Crippen molar-refractivity contribution in [2.45, 2.75) is 18.8 Å². The number of nitrogens with zero attached hydrogens (tertiary/aromatic N) is 2. The average Bonchev–Trinajstić information content (AvgIpc) is 2.72. The molecule has 0 aliphatic carbocycles. The highest BCUT2D eigenvalue weighted by Gasteiger charge is 2.24. The summed E-state index contributed by atoms with van der Waals surface area (Å²) in [5.41, 5.74) is 2.33. The van der Waals surface area contributed by atoms with E-state index in [0.29, 0.717) is 19.7 Å². The van der Waals surface area contributed by atoms with Crippen LogP contribution in [0.15, 0.2) is 65.8 Å². The molecule has 5 nitrogen and oxygen atoms in total. The van der Waals surface area contributed by atoms with Gasteiger partial charge in [0.25, 0.3) is 0 Å². The van der Waals surface area contributed by atoms with Crippen LogP contribution < -0.4 is 0 Å². The summed E-state index contributed by atoms with van der Waals surface area (Å²) in [6.07, 6.45) is 3.52. The molecule has 1 saturated heterocycles. The summed E-state index contributed by atoms with van der Waals surface area (Å²) in [6.45, 7) is 2.67. The van der Waals surface area contributed by atoms with Crippen LogP contribution in [0, 0.1) is 5.92 Å². The van der Waals surface area contributed by atoms with E-state index in [1.54, 1.807) is 0 Å². The molecular formula is C22H26N2O3. The second kappa shape index (κ2) is 9.88. The molecule has 1 heterocycles. The van der Waals surface area contributed by atoms with Gasteiger partial charge in [-0.2, -0.15) is 0 Å². The predicted octanol–water partition coefficient (Wildman–Crippen LogP) is 3.62. The Hall–Kier alpha value is -2.66. The first-order valence-corrected chi connectivity index (χ1v) is 9.44. The number of rotatable bonds is 8. The third-order valence-electron chi connectivity index (χ3n) is 4.96. The van der Waals surface area contributed by atoms with Crippen molar-refractivity contribution < 1.29 is 14.7 Å². The number of hydrogen-bond donors (Lipinski definition) is 1. The van der Waals surface area contributed by atoms with E-state index in [-0.39, 0.29) is 11.8 Å². The fourth-order valence-electron chi connectivity index (χ4n) is 3.47. The Morgan fingerprint density at radius 2 is 1.78 bits per heavy atom. The van der Waals surface area contributed by atoms with Gasteiger partial charge in [0.15, 0.2) is 0 Å². The number of aliphatic carboxylic acids is 1. The van der Waals surface area contributed by atoms with Crippen LogP contribution in [0.5, 0.6) is 0 Å². The van der Waals surface area contributed by atoms with Crippen LogP contribution in [0.3, 0.4) is 0 Å². The molecule has 1 aliphatic rings. The van der Waals surface area contributed by atoms with Gasteiger partial charge < -0.3 is 9.94 Å². The Balaban J connectivity index is 1.54. The van der Waals surface area contributed by atoms with Gasteiger partial charge in [-0.05, 0) is 30.5 Å². The lowest BCUT2D eigenvalue weighted by molar-refractivity contribution is -0.143. The van der Waals surface area contributed by atoms with Crippen LogP contribution in [-0.4, -0.2) is 48.4 Å². The van der Waals surface area contributed by atoms with Crippen molar-refractivity contribution >= 4 is 12.2 Å². The summed E-state index contributed by atoms with van der Waals surface area (Å²) in [5.74, 6) is -0.922. The summed E-state index contributed by atoms with van der Waals surface area (Å²) in [4.78, 5) is 18.8. The van der Waals surface area contributed by atoms with Crippen molar-refractivity contribution in [1.29, 1.82) is 0 Å². The molecule has 1 aliphatic heterocycles. The molecule has 5 heteroatoms. The lowest BCUT2D eigenvalue weighted by Crippen LogP contribution is -2.40. The number of piperidine rings is 1. The van der Waals surface area contributed by atoms with Crippen LogP contribution in [0.25, 0.3) is 0 Å². The van der Waals surface area contributed by atoms with Gasteiger partial charge in [0.1, 0.15) is 6.61 Å². The van der Waals surface area contributed by atoms with Crippen molar-refractivity contribution in [2.75, 3.05) is 26.2 Å². The quantitative estimate of drug-likeness (QED) is 0.440. The van der Waals surface area contributed by atoms with E-state index in [1.807, 2.05) is 42.6 Å². The lowest BCUT2D eigenvalue weighted by Gasteiger charge is -2.29. The summed E-state index contributed by atoms with van der Waals surface area (Å²) in [5, 5.41) is 13.4. The van der Waals surface area contributed by atoms with E-state index >= 15 is 0 Å². The fraction of sp³-hybridized carbons (Fsp3) is 0.364. The molecule has 0 amide bonds. The van der Waals surface area contributed by atoms with Crippen molar-refractivity contribution in [2.24, 2.45) is 11.1 Å². The second-order valence-corrected chi connectivity index (χ2v) is 6.86. The van der Waals surface area contributed by atoms with Gasteiger partial charge >= 0.3 is 5.97 Å². The number of carbonyl (C=O) groups is 1. The maximum absolute atomic E-state index is 11.1. The van der Waals surface area contributed by atoms with Crippen molar-refractivity contribution in [3.05, 3.63) is 71.8 Å². The predicted molar refractivity (Wildman–Crippen MR) is 106 cm³/mol. The summed E-state index contributed by atoms with van der Waals surface area (Å²) >= 11 is 0. The van der Waals surface area contributed by atoms with E-state index in [0.717, 1.165) is 30.5 Å². The first-order chi connectivity index (χ1) is 13.2. The number of carboxylic acids is 1. The molecule has 0 aromatic heterocycles. The molecule has 0 bridgehead atoms. The average molecular weight is 366 g/mol. The zero-order valence-corrected chi connectivity index (χ0v) is 15.4. The van der Waals surface area contributed by atoms with Gasteiger partial charge in [-0.25, -0.2) is 0 Å². The molecule has 1 N–H and O–H groups in total. The maximum Gasteiger partial charge on any atom is 0.307 e. The number of carboxylic acid groups (broad SMARTS) is 1. The Morgan fingerprint density at radius 1 is 1.15 bits per heavy atom. The van der Waals surface area contributed by atoms with Crippen molar-refractivity contribution in [1.82, 2.24) is 4.90 Å². The molecule has 142 valence electrons. The third kappa shape index (κ3) is 5.66. The summed E-state index contributed by atoms with van der Waals surface area (Å²) < 4.78 is 0. The van der Waals surface area contributed by atoms with Gasteiger partial charge in [0.05, 0.1) is 12.1 Å². The van der Waals surface area contributed by atoms with Crippen molar-refractivity contribution in [3.8, 4) is 0 Å². The molecule has 3 rings (SSSR count). The van der Waals surface area contributed by atoms with Gasteiger partial charge in [0, 0.05) is 19.0 Å².